The van der Waals surface area contributed by atoms with Crippen LogP contribution in [0.25, 0.3) is 0 Å². The second-order valence-corrected chi connectivity index (χ2v) is 5.76. The molecule has 1 N–H and O–H groups in total. The van der Waals surface area contributed by atoms with E-state index < -0.39 is 0 Å². The van der Waals surface area contributed by atoms with Crippen molar-refractivity contribution >= 4 is 23.1 Å². The number of anilines is 3. The van der Waals surface area contributed by atoms with Crippen molar-refractivity contribution in [1.82, 2.24) is 4.98 Å². The van der Waals surface area contributed by atoms with E-state index in [1.807, 2.05) is 31.2 Å². The fraction of sp³-hybridized carbons (Fsp3) is 0.333. The van der Waals surface area contributed by atoms with Gasteiger partial charge >= 0.3 is 0 Å². The van der Waals surface area contributed by atoms with E-state index >= 15 is 0 Å². The Bertz CT molecular complexity index is 679. The molecule has 0 bridgehead atoms. The molecule has 24 heavy (non-hydrogen) atoms. The topological polar surface area (TPSA) is 48.5 Å². The van der Waals surface area contributed by atoms with Crippen LogP contribution in [0.1, 0.15) is 13.3 Å². The van der Waals surface area contributed by atoms with E-state index in [0.717, 1.165) is 43.4 Å². The molecule has 1 amide bonds. The van der Waals surface area contributed by atoms with Crippen LogP contribution in [0, 0.1) is 5.82 Å². The summed E-state index contributed by atoms with van der Waals surface area (Å²) >= 11 is 0. The summed E-state index contributed by atoms with van der Waals surface area (Å²) in [4.78, 5) is 20.3. The Hall–Kier alpha value is -2.63. The Morgan fingerprint density at radius 2 is 1.75 bits per heavy atom. The normalized spacial score (nSPS) is 14.6. The van der Waals surface area contributed by atoms with Crippen molar-refractivity contribution in [3.63, 3.8) is 0 Å². The van der Waals surface area contributed by atoms with E-state index in [0.29, 0.717) is 6.42 Å². The third-order valence-corrected chi connectivity index (χ3v) is 4.15. The van der Waals surface area contributed by atoms with Crippen molar-refractivity contribution in [2.24, 2.45) is 0 Å². The van der Waals surface area contributed by atoms with Gasteiger partial charge in [0.25, 0.3) is 0 Å². The summed E-state index contributed by atoms with van der Waals surface area (Å²) in [5.41, 5.74) is 1.76. The highest BCUT2D eigenvalue weighted by molar-refractivity contribution is 5.90. The molecule has 0 atom stereocenters. The average Bonchev–Trinajstić information content (AvgIpc) is 2.63. The van der Waals surface area contributed by atoms with Gasteiger partial charge in [-0.2, -0.15) is 0 Å². The number of benzene rings is 1. The summed E-state index contributed by atoms with van der Waals surface area (Å²) in [5, 5.41) is 2.80. The Morgan fingerprint density at radius 3 is 2.33 bits per heavy atom. The maximum absolute atomic E-state index is 13.0. The first-order valence-corrected chi connectivity index (χ1v) is 8.17. The summed E-state index contributed by atoms with van der Waals surface area (Å²) < 4.78 is 13.0. The standard InChI is InChI=1S/C18H21FN4O/c1-2-18(24)21-15-5-8-17(20-13-15)23-11-9-22(10-12-23)16-6-3-14(19)4-7-16/h3-8,13H,2,9-12H2,1H3,(H,21,24). The lowest BCUT2D eigenvalue weighted by atomic mass is 10.2. The third kappa shape index (κ3) is 3.82. The number of carbonyl (C=O) groups excluding carboxylic acids is 1. The van der Waals surface area contributed by atoms with Crippen molar-refractivity contribution in [2.45, 2.75) is 13.3 Å². The molecule has 1 aromatic heterocycles. The minimum atomic E-state index is -0.211. The van der Waals surface area contributed by atoms with Gasteiger partial charge in [-0.05, 0) is 36.4 Å². The van der Waals surface area contributed by atoms with Crippen LogP contribution in [0.3, 0.4) is 0 Å². The molecular weight excluding hydrogens is 307 g/mol. The predicted octanol–water partition coefficient (Wildman–Crippen LogP) is 2.90. The zero-order chi connectivity index (χ0) is 16.9. The van der Waals surface area contributed by atoms with Crippen molar-refractivity contribution in [3.8, 4) is 0 Å². The van der Waals surface area contributed by atoms with Crippen LogP contribution in [-0.2, 0) is 4.79 Å². The molecule has 0 radical (unpaired) electrons. The highest BCUT2D eigenvalue weighted by Crippen LogP contribution is 2.20. The molecule has 0 spiro atoms. The number of piperazine rings is 1. The van der Waals surface area contributed by atoms with Crippen LogP contribution >= 0.6 is 0 Å². The second kappa shape index (κ2) is 7.29. The van der Waals surface area contributed by atoms with Crippen LogP contribution in [0.15, 0.2) is 42.6 Å². The summed E-state index contributed by atoms with van der Waals surface area (Å²) in [6.45, 7) is 5.25. The molecule has 1 fully saturated rings. The number of carbonyl (C=O) groups is 1. The Kier molecular flexibility index (Phi) is 4.93. The highest BCUT2D eigenvalue weighted by Gasteiger charge is 2.18. The molecule has 1 aliphatic rings. The summed E-state index contributed by atoms with van der Waals surface area (Å²) in [7, 11) is 0. The molecule has 1 aromatic carbocycles. The van der Waals surface area contributed by atoms with Crippen LogP contribution in [0.2, 0.25) is 0 Å². The van der Waals surface area contributed by atoms with Gasteiger partial charge < -0.3 is 15.1 Å². The van der Waals surface area contributed by atoms with Crippen molar-refractivity contribution in [2.75, 3.05) is 41.3 Å². The van der Waals surface area contributed by atoms with Gasteiger partial charge in [-0.3, -0.25) is 4.79 Å². The van der Waals surface area contributed by atoms with Gasteiger partial charge in [0, 0.05) is 38.3 Å². The largest absolute Gasteiger partial charge is 0.368 e. The Balaban J connectivity index is 1.58. The first-order valence-electron chi connectivity index (χ1n) is 8.17. The average molecular weight is 328 g/mol. The SMILES string of the molecule is CCC(=O)Nc1ccc(N2CCN(c3ccc(F)cc3)CC2)nc1. The van der Waals surface area contributed by atoms with Crippen LogP contribution in [-0.4, -0.2) is 37.1 Å². The van der Waals surface area contributed by atoms with Gasteiger partial charge in [0.2, 0.25) is 5.91 Å². The van der Waals surface area contributed by atoms with Crippen LogP contribution in [0.4, 0.5) is 21.6 Å². The van der Waals surface area contributed by atoms with E-state index in [9.17, 15) is 9.18 Å². The van der Waals surface area contributed by atoms with E-state index in [2.05, 4.69) is 20.1 Å². The highest BCUT2D eigenvalue weighted by atomic mass is 19.1. The molecule has 6 heteroatoms. The van der Waals surface area contributed by atoms with Crippen molar-refractivity contribution < 1.29 is 9.18 Å². The van der Waals surface area contributed by atoms with Crippen molar-refractivity contribution in [3.05, 3.63) is 48.4 Å². The molecule has 1 aliphatic heterocycles. The van der Waals surface area contributed by atoms with Gasteiger partial charge in [0.15, 0.2) is 0 Å². The summed E-state index contributed by atoms with van der Waals surface area (Å²) in [6, 6.07) is 10.4. The molecule has 0 unspecified atom stereocenters. The van der Waals surface area contributed by atoms with Crippen LogP contribution in [0.5, 0.6) is 0 Å². The molecule has 5 nitrogen and oxygen atoms in total. The lowest BCUT2D eigenvalue weighted by molar-refractivity contribution is -0.115. The Morgan fingerprint density at radius 1 is 1.08 bits per heavy atom. The van der Waals surface area contributed by atoms with E-state index in [4.69, 9.17) is 0 Å². The number of nitrogens with zero attached hydrogens (tertiary/aromatic N) is 3. The van der Waals surface area contributed by atoms with Crippen molar-refractivity contribution in [1.29, 1.82) is 0 Å². The predicted molar refractivity (Wildman–Crippen MR) is 94.0 cm³/mol. The second-order valence-electron chi connectivity index (χ2n) is 5.76. The first kappa shape index (κ1) is 16.2. The summed E-state index contributed by atoms with van der Waals surface area (Å²) in [5.74, 6) is 0.678. The molecular formula is C18H21FN4O. The molecule has 2 aromatic rings. The monoisotopic (exact) mass is 328 g/mol. The number of hydrogen-bond donors (Lipinski definition) is 1. The molecule has 0 aliphatic carbocycles. The Labute approximate surface area is 141 Å². The van der Waals surface area contributed by atoms with E-state index in [1.54, 1.807) is 6.20 Å². The smallest absolute Gasteiger partial charge is 0.224 e. The zero-order valence-corrected chi connectivity index (χ0v) is 13.7. The number of halogens is 1. The molecule has 1 saturated heterocycles. The number of rotatable bonds is 4. The first-order chi connectivity index (χ1) is 11.7. The number of nitrogens with one attached hydrogen (secondary N) is 1. The summed E-state index contributed by atoms with van der Waals surface area (Å²) in [6.07, 6.45) is 2.14. The lowest BCUT2D eigenvalue weighted by Gasteiger charge is -2.36. The number of aromatic nitrogens is 1. The van der Waals surface area contributed by atoms with E-state index in [-0.39, 0.29) is 11.7 Å². The number of amides is 1. The quantitative estimate of drug-likeness (QED) is 0.937. The maximum atomic E-state index is 13.0. The lowest BCUT2D eigenvalue weighted by Crippen LogP contribution is -2.46. The van der Waals surface area contributed by atoms with Gasteiger partial charge in [-0.15, -0.1) is 0 Å². The van der Waals surface area contributed by atoms with Gasteiger partial charge in [-0.1, -0.05) is 6.92 Å². The molecule has 126 valence electrons. The minimum absolute atomic E-state index is 0.0162. The van der Waals surface area contributed by atoms with E-state index in [1.165, 1.54) is 12.1 Å². The molecule has 0 saturated carbocycles. The fourth-order valence-electron chi connectivity index (χ4n) is 2.74. The van der Waals surface area contributed by atoms with Gasteiger partial charge in [-0.25, -0.2) is 9.37 Å². The molecule has 2 heterocycles. The zero-order valence-electron chi connectivity index (χ0n) is 13.7. The third-order valence-electron chi connectivity index (χ3n) is 4.15. The minimum Gasteiger partial charge on any atom is -0.368 e. The maximum Gasteiger partial charge on any atom is 0.224 e. The molecule has 3 rings (SSSR count). The number of pyridine rings is 1. The van der Waals surface area contributed by atoms with Gasteiger partial charge in [0.05, 0.1) is 11.9 Å². The van der Waals surface area contributed by atoms with Crippen LogP contribution < -0.4 is 15.1 Å². The van der Waals surface area contributed by atoms with Gasteiger partial charge in [0.1, 0.15) is 11.6 Å². The fourth-order valence-corrected chi connectivity index (χ4v) is 2.74. The number of hydrogen-bond acceptors (Lipinski definition) is 4.